The first-order valence-electron chi connectivity index (χ1n) is 9.64. The smallest absolute Gasteiger partial charge is 0.0519 e. The number of hydrogen-bond acceptors (Lipinski definition) is 1. The summed E-state index contributed by atoms with van der Waals surface area (Å²) in [4.78, 5) is 2.47. The standard InChI is InChI=1S/C25H33N/c1-12-14(3)20(9)24-22(16(12)5)18(7)19(8)23-17(6)13(2)15(4)21(10)25(23)26(24)11/h1-11H3. The molecule has 1 heteroatoms. The van der Waals surface area contributed by atoms with Gasteiger partial charge < -0.3 is 4.90 Å². The number of benzene rings is 2. The first kappa shape index (κ1) is 18.8. The average Bonchev–Trinajstić information content (AvgIpc) is 2.69. The van der Waals surface area contributed by atoms with Gasteiger partial charge in [0.1, 0.15) is 0 Å². The largest absolute Gasteiger partial charge is 0.343 e. The van der Waals surface area contributed by atoms with Crippen molar-refractivity contribution in [3.63, 3.8) is 0 Å². The summed E-state index contributed by atoms with van der Waals surface area (Å²) >= 11 is 0. The lowest BCUT2D eigenvalue weighted by Gasteiger charge is -2.30. The van der Waals surface area contributed by atoms with Gasteiger partial charge in [-0.15, -0.1) is 0 Å². The minimum Gasteiger partial charge on any atom is -0.343 e. The second-order valence-corrected chi connectivity index (χ2v) is 8.26. The van der Waals surface area contributed by atoms with Crippen molar-refractivity contribution in [3.05, 3.63) is 55.6 Å². The van der Waals surface area contributed by atoms with Crippen LogP contribution in [0.2, 0.25) is 0 Å². The molecule has 0 N–H and O–H groups in total. The molecular weight excluding hydrogens is 314 g/mol. The van der Waals surface area contributed by atoms with E-state index in [0.717, 1.165) is 0 Å². The van der Waals surface area contributed by atoms with Crippen LogP contribution in [0, 0.1) is 55.4 Å². The third kappa shape index (κ3) is 2.22. The lowest BCUT2D eigenvalue weighted by atomic mass is 9.85. The van der Waals surface area contributed by atoms with Crippen LogP contribution >= 0.6 is 0 Å². The first-order chi connectivity index (χ1) is 12.0. The van der Waals surface area contributed by atoms with Gasteiger partial charge in [-0.25, -0.2) is 0 Å². The van der Waals surface area contributed by atoms with Crippen molar-refractivity contribution in [2.45, 2.75) is 69.2 Å². The van der Waals surface area contributed by atoms with Gasteiger partial charge in [0.15, 0.2) is 0 Å². The average molecular weight is 348 g/mol. The first-order valence-corrected chi connectivity index (χ1v) is 9.64. The van der Waals surface area contributed by atoms with Crippen molar-refractivity contribution in [2.75, 3.05) is 11.9 Å². The monoisotopic (exact) mass is 347 g/mol. The Labute approximate surface area is 159 Å². The molecule has 1 aliphatic rings. The summed E-state index contributed by atoms with van der Waals surface area (Å²) in [5, 5.41) is 0. The number of nitrogens with zero attached hydrogens (tertiary/aromatic N) is 1. The number of rotatable bonds is 0. The summed E-state index contributed by atoms with van der Waals surface area (Å²) in [5.74, 6) is 0. The van der Waals surface area contributed by atoms with Crippen LogP contribution in [0.15, 0.2) is 0 Å². The molecule has 138 valence electrons. The van der Waals surface area contributed by atoms with Gasteiger partial charge in [-0.3, -0.25) is 0 Å². The molecule has 3 rings (SSSR count). The summed E-state index contributed by atoms with van der Waals surface area (Å²) in [6.45, 7) is 22.8. The molecule has 0 radical (unpaired) electrons. The zero-order valence-electron chi connectivity index (χ0n) is 18.4. The molecule has 0 aliphatic carbocycles. The van der Waals surface area contributed by atoms with Gasteiger partial charge in [0.05, 0.1) is 11.4 Å². The third-order valence-corrected chi connectivity index (χ3v) is 7.29. The van der Waals surface area contributed by atoms with Crippen molar-refractivity contribution >= 4 is 22.5 Å². The maximum Gasteiger partial charge on any atom is 0.0519 e. The Morgan fingerprint density at radius 3 is 0.962 bits per heavy atom. The van der Waals surface area contributed by atoms with Crippen LogP contribution in [0.1, 0.15) is 69.5 Å². The highest BCUT2D eigenvalue weighted by molar-refractivity contribution is 6.03. The molecule has 0 atom stereocenters. The van der Waals surface area contributed by atoms with Crippen LogP contribution in [-0.2, 0) is 0 Å². The Balaban J connectivity index is 2.61. The van der Waals surface area contributed by atoms with E-state index in [1.807, 2.05) is 0 Å². The van der Waals surface area contributed by atoms with Gasteiger partial charge in [0.25, 0.3) is 0 Å². The molecule has 0 bridgehead atoms. The predicted molar refractivity (Wildman–Crippen MR) is 117 cm³/mol. The Morgan fingerprint density at radius 2 is 0.654 bits per heavy atom. The van der Waals surface area contributed by atoms with E-state index >= 15 is 0 Å². The Morgan fingerprint density at radius 1 is 0.385 bits per heavy atom. The SMILES string of the molecule is CC1=C(C)c2c(C)c(C)c(C)c(C)c2N(C)c2c(C)c(C)c(C)c(C)c21. The van der Waals surface area contributed by atoms with Gasteiger partial charge in [-0.2, -0.15) is 0 Å². The van der Waals surface area contributed by atoms with Crippen LogP contribution in [0.25, 0.3) is 11.1 Å². The molecule has 0 amide bonds. The second-order valence-electron chi connectivity index (χ2n) is 8.26. The zero-order chi connectivity index (χ0) is 19.7. The highest BCUT2D eigenvalue weighted by atomic mass is 15.1. The fourth-order valence-corrected chi connectivity index (χ4v) is 4.83. The fourth-order valence-electron chi connectivity index (χ4n) is 4.83. The van der Waals surface area contributed by atoms with Crippen molar-refractivity contribution in [1.82, 2.24) is 0 Å². The van der Waals surface area contributed by atoms with Crippen LogP contribution < -0.4 is 4.90 Å². The third-order valence-electron chi connectivity index (χ3n) is 7.29. The number of anilines is 2. The van der Waals surface area contributed by atoms with E-state index in [-0.39, 0.29) is 0 Å². The fraction of sp³-hybridized carbons (Fsp3) is 0.440. The van der Waals surface area contributed by atoms with Gasteiger partial charge in [0, 0.05) is 18.2 Å². The normalized spacial score (nSPS) is 13.7. The maximum atomic E-state index is 2.47. The van der Waals surface area contributed by atoms with Crippen molar-refractivity contribution in [2.24, 2.45) is 0 Å². The van der Waals surface area contributed by atoms with Crippen LogP contribution in [-0.4, -0.2) is 7.05 Å². The minimum atomic E-state index is 1.38. The molecule has 2 aromatic rings. The Bertz CT molecular complexity index is 907. The minimum absolute atomic E-state index is 1.38. The summed E-state index contributed by atoms with van der Waals surface area (Å²) in [7, 11) is 2.26. The van der Waals surface area contributed by atoms with Crippen LogP contribution in [0.4, 0.5) is 11.4 Å². The molecule has 0 fully saturated rings. The van der Waals surface area contributed by atoms with Crippen LogP contribution in [0.5, 0.6) is 0 Å². The molecule has 1 aliphatic heterocycles. The highest BCUT2D eigenvalue weighted by Crippen LogP contribution is 2.50. The maximum absolute atomic E-state index is 2.47. The predicted octanol–water partition coefficient (Wildman–Crippen LogP) is 7.19. The lowest BCUT2D eigenvalue weighted by Crippen LogP contribution is -2.17. The molecule has 0 saturated heterocycles. The Kier molecular flexibility index (Phi) is 4.34. The second kappa shape index (κ2) is 6.01. The van der Waals surface area contributed by atoms with E-state index < -0.39 is 0 Å². The molecule has 0 saturated carbocycles. The summed E-state index contributed by atoms with van der Waals surface area (Å²) in [6, 6.07) is 0. The van der Waals surface area contributed by atoms with Gasteiger partial charge in [-0.05, 0) is 125 Å². The highest BCUT2D eigenvalue weighted by Gasteiger charge is 2.29. The summed E-state index contributed by atoms with van der Waals surface area (Å²) < 4.78 is 0. The number of hydrogen-bond donors (Lipinski definition) is 0. The van der Waals surface area contributed by atoms with Crippen molar-refractivity contribution < 1.29 is 0 Å². The molecule has 2 aromatic carbocycles. The van der Waals surface area contributed by atoms with E-state index in [9.17, 15) is 0 Å². The molecule has 0 unspecified atom stereocenters. The molecule has 26 heavy (non-hydrogen) atoms. The number of allylic oxidation sites excluding steroid dienone is 2. The summed E-state index contributed by atoms with van der Waals surface area (Å²) in [5.41, 5.74) is 19.8. The van der Waals surface area contributed by atoms with Gasteiger partial charge in [0.2, 0.25) is 0 Å². The molecule has 0 aromatic heterocycles. The van der Waals surface area contributed by atoms with Gasteiger partial charge in [-0.1, -0.05) is 0 Å². The number of fused-ring (bicyclic) bond motifs is 2. The van der Waals surface area contributed by atoms with Crippen LogP contribution in [0.3, 0.4) is 0 Å². The van der Waals surface area contributed by atoms with Gasteiger partial charge >= 0.3 is 0 Å². The molecular formula is C25H33N. The lowest BCUT2D eigenvalue weighted by molar-refractivity contribution is 1.10. The zero-order valence-corrected chi connectivity index (χ0v) is 18.4. The van der Waals surface area contributed by atoms with E-state index in [4.69, 9.17) is 0 Å². The van der Waals surface area contributed by atoms with Crippen molar-refractivity contribution in [1.29, 1.82) is 0 Å². The van der Waals surface area contributed by atoms with E-state index in [0.29, 0.717) is 0 Å². The topological polar surface area (TPSA) is 3.24 Å². The van der Waals surface area contributed by atoms with Crippen molar-refractivity contribution in [3.8, 4) is 0 Å². The molecule has 1 heterocycles. The Hall–Kier alpha value is -2.02. The van der Waals surface area contributed by atoms with E-state index in [1.54, 1.807) is 0 Å². The quantitative estimate of drug-likeness (QED) is 0.487. The summed E-state index contributed by atoms with van der Waals surface area (Å²) in [6.07, 6.45) is 0. The molecule has 0 spiro atoms. The molecule has 1 nitrogen and oxygen atoms in total. The van der Waals surface area contributed by atoms with E-state index in [2.05, 4.69) is 81.2 Å². The van der Waals surface area contributed by atoms with E-state index in [1.165, 1.54) is 78.2 Å².